The lowest BCUT2D eigenvalue weighted by atomic mass is 9.81. The molecule has 0 saturated heterocycles. The first-order valence-corrected chi connectivity index (χ1v) is 6.04. The summed E-state index contributed by atoms with van der Waals surface area (Å²) in [5.41, 5.74) is 5.27. The van der Waals surface area contributed by atoms with E-state index in [0.29, 0.717) is 12.5 Å². The standard InChI is InChI=1S/C12H18N2O3/c13-12(17)9-3-1-8(2-4-9)7-14-10(15)5-6-11(14)16/h5-6,8-10,15H,1-4,7H2,(H2,13,17). The van der Waals surface area contributed by atoms with Crippen LogP contribution in [0.4, 0.5) is 0 Å². The van der Waals surface area contributed by atoms with E-state index in [-0.39, 0.29) is 17.7 Å². The number of aliphatic hydroxyl groups excluding tert-OH is 1. The van der Waals surface area contributed by atoms with Crippen LogP contribution in [0.2, 0.25) is 0 Å². The molecular formula is C12H18N2O3. The van der Waals surface area contributed by atoms with Gasteiger partial charge in [0.2, 0.25) is 11.8 Å². The summed E-state index contributed by atoms with van der Waals surface area (Å²) in [6, 6.07) is 0. The molecular weight excluding hydrogens is 220 g/mol. The highest BCUT2D eigenvalue weighted by Crippen LogP contribution is 2.30. The summed E-state index contributed by atoms with van der Waals surface area (Å²) in [7, 11) is 0. The molecule has 0 aromatic carbocycles. The molecule has 0 aromatic rings. The highest BCUT2D eigenvalue weighted by molar-refractivity contribution is 5.90. The number of nitrogens with two attached hydrogens (primary N) is 1. The number of amides is 2. The second-order valence-electron chi connectivity index (χ2n) is 4.88. The Morgan fingerprint density at radius 3 is 2.53 bits per heavy atom. The second kappa shape index (κ2) is 4.87. The van der Waals surface area contributed by atoms with Crippen molar-refractivity contribution in [2.24, 2.45) is 17.6 Å². The van der Waals surface area contributed by atoms with Gasteiger partial charge in [-0.2, -0.15) is 0 Å². The van der Waals surface area contributed by atoms with Gasteiger partial charge in [0.25, 0.3) is 0 Å². The first-order chi connectivity index (χ1) is 8.08. The van der Waals surface area contributed by atoms with E-state index in [0.717, 1.165) is 25.7 Å². The van der Waals surface area contributed by atoms with E-state index < -0.39 is 6.23 Å². The maximum absolute atomic E-state index is 11.4. The molecule has 0 aromatic heterocycles. The minimum Gasteiger partial charge on any atom is -0.370 e. The van der Waals surface area contributed by atoms with Gasteiger partial charge in [0.15, 0.2) is 0 Å². The van der Waals surface area contributed by atoms with Gasteiger partial charge in [-0.1, -0.05) is 0 Å². The van der Waals surface area contributed by atoms with Crippen LogP contribution in [0.5, 0.6) is 0 Å². The number of nitrogens with zero attached hydrogens (tertiary/aromatic N) is 1. The van der Waals surface area contributed by atoms with Crippen LogP contribution in [0.15, 0.2) is 12.2 Å². The molecule has 1 aliphatic carbocycles. The summed E-state index contributed by atoms with van der Waals surface area (Å²) in [5, 5.41) is 9.57. The lowest BCUT2D eigenvalue weighted by Gasteiger charge is -2.31. The zero-order valence-electron chi connectivity index (χ0n) is 9.71. The normalized spacial score (nSPS) is 33.1. The summed E-state index contributed by atoms with van der Waals surface area (Å²) in [4.78, 5) is 23.9. The fraction of sp³-hybridized carbons (Fsp3) is 0.667. The summed E-state index contributed by atoms with van der Waals surface area (Å²) < 4.78 is 0. The van der Waals surface area contributed by atoms with Crippen LogP contribution < -0.4 is 5.73 Å². The Morgan fingerprint density at radius 2 is 2.06 bits per heavy atom. The molecule has 5 heteroatoms. The molecule has 94 valence electrons. The Morgan fingerprint density at radius 1 is 1.41 bits per heavy atom. The summed E-state index contributed by atoms with van der Waals surface area (Å²) in [6.07, 6.45) is 5.50. The third-order valence-electron chi connectivity index (χ3n) is 3.72. The number of rotatable bonds is 3. The van der Waals surface area contributed by atoms with Crippen LogP contribution in [0.1, 0.15) is 25.7 Å². The number of primary amides is 1. The average molecular weight is 238 g/mol. The van der Waals surface area contributed by atoms with Crippen LogP contribution in [0.3, 0.4) is 0 Å². The lowest BCUT2D eigenvalue weighted by Crippen LogP contribution is -2.39. The van der Waals surface area contributed by atoms with E-state index in [2.05, 4.69) is 0 Å². The zero-order chi connectivity index (χ0) is 12.4. The van der Waals surface area contributed by atoms with Crippen molar-refractivity contribution in [1.82, 2.24) is 4.90 Å². The molecule has 0 bridgehead atoms. The van der Waals surface area contributed by atoms with Gasteiger partial charge >= 0.3 is 0 Å². The molecule has 0 radical (unpaired) electrons. The summed E-state index contributed by atoms with van der Waals surface area (Å²) in [5.74, 6) is 0.00426. The Kier molecular flexibility index (Phi) is 3.47. The SMILES string of the molecule is NC(=O)C1CCC(CN2C(=O)C=CC2O)CC1. The average Bonchev–Trinajstić information content (AvgIpc) is 2.61. The van der Waals surface area contributed by atoms with Gasteiger partial charge in [-0.15, -0.1) is 0 Å². The molecule has 2 rings (SSSR count). The first kappa shape index (κ1) is 12.1. The molecule has 2 aliphatic rings. The van der Waals surface area contributed by atoms with E-state index in [1.807, 2.05) is 0 Å². The maximum Gasteiger partial charge on any atom is 0.248 e. The maximum atomic E-state index is 11.4. The van der Waals surface area contributed by atoms with Gasteiger partial charge in [-0.25, -0.2) is 0 Å². The van der Waals surface area contributed by atoms with Crippen molar-refractivity contribution < 1.29 is 14.7 Å². The summed E-state index contributed by atoms with van der Waals surface area (Å²) >= 11 is 0. The van der Waals surface area contributed by atoms with E-state index in [9.17, 15) is 14.7 Å². The Labute approximate surface area is 100 Å². The number of hydrogen-bond donors (Lipinski definition) is 2. The number of hydrogen-bond acceptors (Lipinski definition) is 3. The van der Waals surface area contributed by atoms with Gasteiger partial charge in [0.05, 0.1) is 0 Å². The molecule has 1 unspecified atom stereocenters. The molecule has 3 N–H and O–H groups in total. The van der Waals surface area contributed by atoms with E-state index >= 15 is 0 Å². The molecule has 1 heterocycles. The molecule has 1 fully saturated rings. The quantitative estimate of drug-likeness (QED) is 0.725. The predicted octanol–water partition coefficient (Wildman–Crippen LogP) is -0.00510. The summed E-state index contributed by atoms with van der Waals surface area (Å²) in [6.45, 7) is 0.568. The minimum absolute atomic E-state index is 0.0106. The first-order valence-electron chi connectivity index (χ1n) is 6.04. The van der Waals surface area contributed by atoms with Crippen molar-refractivity contribution in [3.63, 3.8) is 0 Å². The van der Waals surface area contributed by atoms with Crippen molar-refractivity contribution in [2.45, 2.75) is 31.9 Å². The fourth-order valence-corrected chi connectivity index (χ4v) is 2.60. The van der Waals surface area contributed by atoms with Crippen LogP contribution in [-0.4, -0.2) is 34.6 Å². The van der Waals surface area contributed by atoms with Gasteiger partial charge < -0.3 is 15.7 Å². The van der Waals surface area contributed by atoms with Gasteiger partial charge in [0, 0.05) is 18.5 Å². The monoisotopic (exact) mass is 238 g/mol. The van der Waals surface area contributed by atoms with Gasteiger partial charge in [0.1, 0.15) is 6.23 Å². The smallest absolute Gasteiger partial charge is 0.248 e. The number of carbonyl (C=O) groups excluding carboxylic acids is 2. The topological polar surface area (TPSA) is 83.6 Å². The van der Waals surface area contributed by atoms with E-state index in [1.54, 1.807) is 0 Å². The zero-order valence-corrected chi connectivity index (χ0v) is 9.71. The molecule has 1 saturated carbocycles. The number of carbonyl (C=O) groups is 2. The van der Waals surface area contributed by atoms with E-state index in [4.69, 9.17) is 5.73 Å². The third-order valence-corrected chi connectivity index (χ3v) is 3.72. The molecule has 0 spiro atoms. The van der Waals surface area contributed by atoms with Crippen molar-refractivity contribution in [3.05, 3.63) is 12.2 Å². The Hall–Kier alpha value is -1.36. The molecule has 1 aliphatic heterocycles. The van der Waals surface area contributed by atoms with Crippen molar-refractivity contribution in [3.8, 4) is 0 Å². The third kappa shape index (κ3) is 2.66. The predicted molar refractivity (Wildman–Crippen MR) is 61.5 cm³/mol. The van der Waals surface area contributed by atoms with Gasteiger partial charge in [-0.05, 0) is 37.7 Å². The van der Waals surface area contributed by atoms with Crippen LogP contribution >= 0.6 is 0 Å². The Balaban J connectivity index is 1.82. The highest BCUT2D eigenvalue weighted by Gasteiger charge is 2.30. The van der Waals surface area contributed by atoms with Crippen LogP contribution in [-0.2, 0) is 9.59 Å². The second-order valence-corrected chi connectivity index (χ2v) is 4.88. The van der Waals surface area contributed by atoms with Crippen LogP contribution in [0, 0.1) is 11.8 Å². The Bertz CT molecular complexity index is 346. The highest BCUT2D eigenvalue weighted by atomic mass is 16.3. The fourth-order valence-electron chi connectivity index (χ4n) is 2.60. The van der Waals surface area contributed by atoms with Crippen molar-refractivity contribution >= 4 is 11.8 Å². The van der Waals surface area contributed by atoms with Crippen LogP contribution in [0.25, 0.3) is 0 Å². The van der Waals surface area contributed by atoms with Crippen molar-refractivity contribution in [2.75, 3.05) is 6.54 Å². The molecule has 1 atom stereocenters. The van der Waals surface area contributed by atoms with Crippen molar-refractivity contribution in [1.29, 1.82) is 0 Å². The molecule has 2 amide bonds. The number of aliphatic hydroxyl groups is 1. The molecule has 5 nitrogen and oxygen atoms in total. The minimum atomic E-state index is -0.781. The van der Waals surface area contributed by atoms with Gasteiger partial charge in [-0.3, -0.25) is 9.59 Å². The van der Waals surface area contributed by atoms with E-state index in [1.165, 1.54) is 17.1 Å². The molecule has 17 heavy (non-hydrogen) atoms. The largest absolute Gasteiger partial charge is 0.370 e. The lowest BCUT2D eigenvalue weighted by molar-refractivity contribution is -0.132.